The van der Waals surface area contributed by atoms with Crippen LogP contribution in [0.1, 0.15) is 61.7 Å². The van der Waals surface area contributed by atoms with E-state index in [1.165, 1.54) is 30.6 Å². The molecule has 1 aliphatic carbocycles. The van der Waals surface area contributed by atoms with E-state index < -0.39 is 0 Å². The molecule has 0 unspecified atom stereocenters. The van der Waals surface area contributed by atoms with Crippen LogP contribution in [0, 0.1) is 5.92 Å². The van der Waals surface area contributed by atoms with Crippen LogP contribution in [0.15, 0.2) is 24.3 Å². The highest BCUT2D eigenvalue weighted by Crippen LogP contribution is 2.36. The molecule has 132 valence electrons. The molecular formula is C20H24N2O3. The molecule has 5 nitrogen and oxygen atoms in total. The predicted molar refractivity (Wildman–Crippen MR) is 94.2 cm³/mol. The number of nitrogens with zero attached hydrogens (tertiary/aromatic N) is 2. The molecule has 2 heterocycles. The normalized spacial score (nSPS) is 26.7. The number of benzene rings is 1. The van der Waals surface area contributed by atoms with Crippen molar-refractivity contribution in [1.82, 2.24) is 4.90 Å². The molecule has 1 aromatic rings. The van der Waals surface area contributed by atoms with E-state index in [0.29, 0.717) is 23.2 Å². The number of imide groups is 1. The molecule has 25 heavy (non-hydrogen) atoms. The Hall–Kier alpha value is -2.17. The summed E-state index contributed by atoms with van der Waals surface area (Å²) in [7, 11) is 0. The Balaban J connectivity index is 1.52. The first kappa shape index (κ1) is 16.3. The SMILES string of the molecule is O=C1CCC(=O)N1c1ccc(C(=O)N2CCC[C@H]3CCCC[C@H]32)cc1. The molecule has 2 atom stereocenters. The molecule has 4 rings (SSSR count). The van der Waals surface area contributed by atoms with Gasteiger partial charge in [0.25, 0.3) is 5.91 Å². The Morgan fingerprint density at radius 1 is 0.880 bits per heavy atom. The second kappa shape index (κ2) is 6.62. The summed E-state index contributed by atoms with van der Waals surface area (Å²) in [5.41, 5.74) is 1.22. The first-order chi connectivity index (χ1) is 12.1. The summed E-state index contributed by atoms with van der Waals surface area (Å²) in [5, 5.41) is 0. The van der Waals surface area contributed by atoms with Crippen molar-refractivity contribution in [2.24, 2.45) is 5.92 Å². The van der Waals surface area contributed by atoms with Gasteiger partial charge in [-0.25, -0.2) is 0 Å². The molecule has 3 fully saturated rings. The topological polar surface area (TPSA) is 57.7 Å². The standard InChI is InChI=1S/C20H24N2O3/c23-18-11-12-19(24)22(18)16-9-7-15(8-10-16)20(25)21-13-3-5-14-4-1-2-6-17(14)21/h7-10,14,17H,1-6,11-13H2/t14-,17-/m1/s1. The van der Waals surface area contributed by atoms with Gasteiger partial charge >= 0.3 is 0 Å². The molecule has 3 amide bonds. The van der Waals surface area contributed by atoms with Crippen molar-refractivity contribution in [3.8, 4) is 0 Å². The fraction of sp³-hybridized carbons (Fsp3) is 0.550. The Morgan fingerprint density at radius 3 is 2.24 bits per heavy atom. The third-order valence-corrected chi connectivity index (χ3v) is 5.93. The molecule has 0 radical (unpaired) electrons. The Bertz CT molecular complexity index is 679. The largest absolute Gasteiger partial charge is 0.335 e. The van der Waals surface area contributed by atoms with Crippen LogP contribution in [0.4, 0.5) is 5.69 Å². The third kappa shape index (κ3) is 2.96. The molecule has 0 spiro atoms. The van der Waals surface area contributed by atoms with Gasteiger partial charge in [0.15, 0.2) is 0 Å². The smallest absolute Gasteiger partial charge is 0.254 e. The average Bonchev–Trinajstić information content (AvgIpc) is 2.99. The second-order valence-electron chi connectivity index (χ2n) is 7.42. The third-order valence-electron chi connectivity index (χ3n) is 5.93. The number of rotatable bonds is 2. The number of carbonyl (C=O) groups excluding carboxylic acids is 3. The van der Waals surface area contributed by atoms with Crippen molar-refractivity contribution >= 4 is 23.4 Å². The summed E-state index contributed by atoms with van der Waals surface area (Å²) in [5.74, 6) is 0.420. The van der Waals surface area contributed by atoms with Crippen molar-refractivity contribution in [2.75, 3.05) is 11.4 Å². The van der Waals surface area contributed by atoms with Crippen LogP contribution in [0.5, 0.6) is 0 Å². The summed E-state index contributed by atoms with van der Waals surface area (Å²) >= 11 is 0. The average molecular weight is 340 g/mol. The van der Waals surface area contributed by atoms with Crippen LogP contribution in [0.3, 0.4) is 0 Å². The number of anilines is 1. The molecular weight excluding hydrogens is 316 g/mol. The number of fused-ring (bicyclic) bond motifs is 1. The molecule has 1 saturated carbocycles. The van der Waals surface area contributed by atoms with E-state index in [-0.39, 0.29) is 30.6 Å². The van der Waals surface area contributed by atoms with Gasteiger partial charge in [0.1, 0.15) is 0 Å². The van der Waals surface area contributed by atoms with Crippen LogP contribution < -0.4 is 4.90 Å². The van der Waals surface area contributed by atoms with E-state index in [4.69, 9.17) is 0 Å². The van der Waals surface area contributed by atoms with Gasteiger partial charge in [-0.05, 0) is 55.9 Å². The lowest BCUT2D eigenvalue weighted by Crippen LogP contribution is -2.49. The van der Waals surface area contributed by atoms with Gasteiger partial charge in [0.2, 0.25) is 11.8 Å². The van der Waals surface area contributed by atoms with E-state index in [1.54, 1.807) is 24.3 Å². The predicted octanol–water partition coefficient (Wildman–Crippen LogP) is 3.13. The Morgan fingerprint density at radius 2 is 1.52 bits per heavy atom. The zero-order valence-electron chi connectivity index (χ0n) is 14.4. The van der Waals surface area contributed by atoms with Crippen LogP contribution in [0.25, 0.3) is 0 Å². The maximum absolute atomic E-state index is 13.0. The molecule has 3 aliphatic rings. The number of likely N-dealkylation sites (tertiary alicyclic amines) is 1. The van der Waals surface area contributed by atoms with E-state index in [2.05, 4.69) is 4.90 Å². The van der Waals surface area contributed by atoms with E-state index in [0.717, 1.165) is 19.4 Å². The van der Waals surface area contributed by atoms with Crippen LogP contribution in [-0.2, 0) is 9.59 Å². The zero-order chi connectivity index (χ0) is 17.4. The quantitative estimate of drug-likeness (QED) is 0.777. The van der Waals surface area contributed by atoms with Crippen molar-refractivity contribution in [2.45, 2.75) is 57.4 Å². The van der Waals surface area contributed by atoms with E-state index >= 15 is 0 Å². The number of amides is 3. The molecule has 0 bridgehead atoms. The minimum Gasteiger partial charge on any atom is -0.335 e. The minimum atomic E-state index is -0.162. The fourth-order valence-electron chi connectivity index (χ4n) is 4.66. The molecule has 5 heteroatoms. The lowest BCUT2D eigenvalue weighted by atomic mass is 9.78. The summed E-state index contributed by atoms with van der Waals surface area (Å²) in [6, 6.07) is 7.33. The molecule has 1 aromatic carbocycles. The van der Waals surface area contributed by atoms with Crippen molar-refractivity contribution < 1.29 is 14.4 Å². The number of piperidine rings is 1. The maximum Gasteiger partial charge on any atom is 0.254 e. The lowest BCUT2D eigenvalue weighted by Gasteiger charge is -2.44. The van der Waals surface area contributed by atoms with Crippen molar-refractivity contribution in [3.63, 3.8) is 0 Å². The number of carbonyl (C=O) groups is 3. The summed E-state index contributed by atoms with van der Waals surface area (Å²) < 4.78 is 0. The molecule has 2 aliphatic heterocycles. The van der Waals surface area contributed by atoms with Gasteiger partial charge in [0, 0.05) is 31.0 Å². The van der Waals surface area contributed by atoms with Gasteiger partial charge in [0.05, 0.1) is 5.69 Å². The molecule has 0 aromatic heterocycles. The summed E-state index contributed by atoms with van der Waals surface area (Å²) in [6.45, 7) is 0.838. The van der Waals surface area contributed by atoms with Gasteiger partial charge < -0.3 is 4.90 Å². The maximum atomic E-state index is 13.0. The zero-order valence-corrected chi connectivity index (χ0v) is 14.4. The van der Waals surface area contributed by atoms with Crippen molar-refractivity contribution in [1.29, 1.82) is 0 Å². The summed E-state index contributed by atoms with van der Waals surface area (Å²) in [4.78, 5) is 40.0. The number of hydrogen-bond acceptors (Lipinski definition) is 3. The van der Waals surface area contributed by atoms with Gasteiger partial charge in [-0.15, -0.1) is 0 Å². The lowest BCUT2D eigenvalue weighted by molar-refractivity contribution is -0.121. The van der Waals surface area contributed by atoms with Crippen LogP contribution >= 0.6 is 0 Å². The minimum absolute atomic E-state index is 0.0854. The van der Waals surface area contributed by atoms with Gasteiger partial charge in [-0.1, -0.05) is 12.8 Å². The monoisotopic (exact) mass is 340 g/mol. The summed E-state index contributed by atoms with van der Waals surface area (Å²) in [6.07, 6.45) is 7.73. The van der Waals surface area contributed by atoms with Crippen LogP contribution in [0.2, 0.25) is 0 Å². The first-order valence-corrected chi connectivity index (χ1v) is 9.42. The highest BCUT2D eigenvalue weighted by Gasteiger charge is 2.36. The van der Waals surface area contributed by atoms with Crippen molar-refractivity contribution in [3.05, 3.63) is 29.8 Å². The Kier molecular flexibility index (Phi) is 4.32. The van der Waals surface area contributed by atoms with Gasteiger partial charge in [-0.3, -0.25) is 19.3 Å². The van der Waals surface area contributed by atoms with Crippen LogP contribution in [-0.4, -0.2) is 35.2 Å². The first-order valence-electron chi connectivity index (χ1n) is 9.42. The fourth-order valence-corrected chi connectivity index (χ4v) is 4.66. The number of hydrogen-bond donors (Lipinski definition) is 0. The molecule has 2 saturated heterocycles. The highest BCUT2D eigenvalue weighted by atomic mass is 16.2. The van der Waals surface area contributed by atoms with E-state index in [1.807, 2.05) is 0 Å². The van der Waals surface area contributed by atoms with E-state index in [9.17, 15) is 14.4 Å². The van der Waals surface area contributed by atoms with Gasteiger partial charge in [-0.2, -0.15) is 0 Å². The second-order valence-corrected chi connectivity index (χ2v) is 7.42. The highest BCUT2D eigenvalue weighted by molar-refractivity contribution is 6.19. The Labute approximate surface area is 148 Å². The molecule has 0 N–H and O–H groups in total.